The smallest absolute Gasteiger partial charge is 0.0184 e. The molecule has 2 N–H and O–H groups in total. The maximum absolute atomic E-state index is 2.97. The lowest BCUT2D eigenvalue weighted by Gasteiger charge is -2.11. The van der Waals surface area contributed by atoms with Crippen molar-refractivity contribution < 1.29 is 5.48 Å². The molecule has 16 heavy (non-hydrogen) atoms. The normalized spacial score (nSPS) is 11.4. The van der Waals surface area contributed by atoms with Gasteiger partial charge in [0.25, 0.3) is 0 Å². The Labute approximate surface area is 99.5 Å². The first-order chi connectivity index (χ1) is 7.45. The molecule has 0 aromatic heterocycles. The average Bonchev–Trinajstić information content (AvgIpc) is 2.33. The molecular formula is C14H15OSi. The van der Waals surface area contributed by atoms with E-state index in [0.717, 1.165) is 6.42 Å². The molecule has 0 fully saturated rings. The van der Waals surface area contributed by atoms with Gasteiger partial charge in [-0.3, -0.25) is 0 Å². The van der Waals surface area contributed by atoms with E-state index in [0.29, 0.717) is 0 Å². The van der Waals surface area contributed by atoms with Crippen LogP contribution in [0.15, 0.2) is 42.5 Å². The molecule has 0 atom stereocenters. The summed E-state index contributed by atoms with van der Waals surface area (Å²) in [6.45, 7) is 1.81. The Bertz CT molecular complexity index is 498. The fourth-order valence-corrected chi connectivity index (χ4v) is 2.07. The number of benzene rings is 2. The summed E-state index contributed by atoms with van der Waals surface area (Å²) in [5.74, 6) is 0. The van der Waals surface area contributed by atoms with Crippen molar-refractivity contribution in [1.29, 1.82) is 0 Å². The SMILES string of the molecule is C1=Cc2cccc3cccc(c23)C1.C[Si].O. The van der Waals surface area contributed by atoms with Crippen LogP contribution < -0.4 is 0 Å². The third-order valence-electron chi connectivity index (χ3n) is 2.66. The quantitative estimate of drug-likeness (QED) is 0.620. The topological polar surface area (TPSA) is 31.5 Å². The maximum atomic E-state index is 2.97. The van der Waals surface area contributed by atoms with Gasteiger partial charge in [-0.15, -0.1) is 0 Å². The van der Waals surface area contributed by atoms with Crippen LogP contribution in [0.25, 0.3) is 16.8 Å². The maximum Gasteiger partial charge on any atom is 0.0184 e. The minimum atomic E-state index is 0. The van der Waals surface area contributed by atoms with Gasteiger partial charge in [0, 0.05) is 10.2 Å². The molecule has 2 heteroatoms. The van der Waals surface area contributed by atoms with Crippen molar-refractivity contribution in [2.45, 2.75) is 13.0 Å². The molecule has 1 nitrogen and oxygen atoms in total. The highest BCUT2D eigenvalue weighted by Crippen LogP contribution is 2.27. The molecule has 1 aliphatic carbocycles. The Balaban J connectivity index is 0.000000406. The third kappa shape index (κ3) is 2.08. The van der Waals surface area contributed by atoms with Crippen LogP contribution in [0.5, 0.6) is 0 Å². The Morgan fingerprint density at radius 1 is 1.00 bits per heavy atom. The van der Waals surface area contributed by atoms with Gasteiger partial charge >= 0.3 is 0 Å². The van der Waals surface area contributed by atoms with Crippen molar-refractivity contribution in [2.24, 2.45) is 0 Å². The van der Waals surface area contributed by atoms with Crippen LogP contribution in [0.2, 0.25) is 6.55 Å². The second kappa shape index (κ2) is 5.63. The highest BCUT2D eigenvalue weighted by Gasteiger charge is 2.06. The van der Waals surface area contributed by atoms with Gasteiger partial charge in [0.05, 0.1) is 0 Å². The lowest BCUT2D eigenvalue weighted by Crippen LogP contribution is -1.91. The van der Waals surface area contributed by atoms with E-state index in [1.165, 1.54) is 21.9 Å². The molecule has 3 radical (unpaired) electrons. The molecule has 0 saturated carbocycles. The van der Waals surface area contributed by atoms with Crippen LogP contribution in [0, 0.1) is 0 Å². The van der Waals surface area contributed by atoms with Gasteiger partial charge in [0.15, 0.2) is 0 Å². The molecule has 0 spiro atoms. The standard InChI is InChI=1S/C13H10.CH3Si.H2O/c1-4-10-6-2-8-12-9-3-7-11(5-1)13(10)12;1-2;/h1-8H,9H2;1H3;1H2. The van der Waals surface area contributed by atoms with Crippen LogP contribution in [0.1, 0.15) is 11.1 Å². The van der Waals surface area contributed by atoms with Gasteiger partial charge in [-0.05, 0) is 28.3 Å². The molecule has 0 saturated heterocycles. The second-order valence-corrected chi connectivity index (χ2v) is 3.47. The zero-order chi connectivity index (χ0) is 10.7. The van der Waals surface area contributed by atoms with E-state index in [1.807, 2.05) is 0 Å². The Kier molecular flexibility index (Phi) is 4.47. The van der Waals surface area contributed by atoms with E-state index in [-0.39, 0.29) is 5.48 Å². The van der Waals surface area contributed by atoms with E-state index in [1.54, 1.807) is 6.55 Å². The summed E-state index contributed by atoms with van der Waals surface area (Å²) in [5, 5.41) is 2.80. The predicted octanol–water partition coefficient (Wildman–Crippen LogP) is 2.79. The minimum absolute atomic E-state index is 0. The second-order valence-electron chi connectivity index (χ2n) is 3.47. The number of hydrogen-bond donors (Lipinski definition) is 0. The van der Waals surface area contributed by atoms with Crippen molar-refractivity contribution in [3.05, 3.63) is 53.6 Å². The number of hydrogen-bond acceptors (Lipinski definition) is 0. The number of allylic oxidation sites excluding steroid dienone is 1. The van der Waals surface area contributed by atoms with Crippen LogP contribution in [0.4, 0.5) is 0 Å². The van der Waals surface area contributed by atoms with E-state index >= 15 is 0 Å². The molecule has 2 aromatic carbocycles. The summed E-state index contributed by atoms with van der Waals surface area (Å²) < 4.78 is 0. The Morgan fingerprint density at radius 3 is 2.44 bits per heavy atom. The first-order valence-electron chi connectivity index (χ1n) is 5.12. The summed E-state index contributed by atoms with van der Waals surface area (Å²) >= 11 is 0. The highest BCUT2D eigenvalue weighted by molar-refractivity contribution is 6.05. The highest BCUT2D eigenvalue weighted by atomic mass is 28.1. The van der Waals surface area contributed by atoms with Crippen LogP contribution in [-0.4, -0.2) is 15.7 Å². The molecule has 2 aromatic rings. The summed E-state index contributed by atoms with van der Waals surface area (Å²) in [7, 11) is 2.97. The molecule has 0 aliphatic heterocycles. The number of rotatable bonds is 0. The van der Waals surface area contributed by atoms with Crippen molar-refractivity contribution >= 4 is 27.1 Å². The average molecular weight is 227 g/mol. The van der Waals surface area contributed by atoms with Crippen LogP contribution >= 0.6 is 0 Å². The molecule has 81 valence electrons. The molecule has 0 amide bonds. The van der Waals surface area contributed by atoms with Gasteiger partial charge in [-0.25, -0.2) is 0 Å². The molecule has 0 bridgehead atoms. The van der Waals surface area contributed by atoms with Crippen LogP contribution in [0.3, 0.4) is 0 Å². The Morgan fingerprint density at radius 2 is 1.69 bits per heavy atom. The van der Waals surface area contributed by atoms with E-state index in [2.05, 4.69) is 58.8 Å². The Hall–Kier alpha value is -1.38. The lowest BCUT2D eigenvalue weighted by atomic mass is 9.93. The molecule has 1 aliphatic rings. The largest absolute Gasteiger partial charge is 0.412 e. The first-order valence-corrected chi connectivity index (χ1v) is 6.12. The summed E-state index contributed by atoms with van der Waals surface area (Å²) in [5.41, 5.74) is 2.81. The predicted molar refractivity (Wildman–Crippen MR) is 71.9 cm³/mol. The van der Waals surface area contributed by atoms with Gasteiger partial charge in [0.1, 0.15) is 0 Å². The van der Waals surface area contributed by atoms with Crippen molar-refractivity contribution in [2.75, 3.05) is 0 Å². The zero-order valence-electron chi connectivity index (χ0n) is 9.33. The minimum Gasteiger partial charge on any atom is -0.412 e. The third-order valence-corrected chi connectivity index (χ3v) is 2.66. The van der Waals surface area contributed by atoms with Gasteiger partial charge in [0.2, 0.25) is 0 Å². The summed E-state index contributed by atoms with van der Waals surface area (Å²) in [6, 6.07) is 13.0. The fraction of sp³-hybridized carbons (Fsp3) is 0.143. The van der Waals surface area contributed by atoms with E-state index < -0.39 is 0 Å². The monoisotopic (exact) mass is 227 g/mol. The van der Waals surface area contributed by atoms with Crippen molar-refractivity contribution in [3.8, 4) is 0 Å². The first kappa shape index (κ1) is 12.7. The lowest BCUT2D eigenvalue weighted by molar-refractivity contribution is 0.824. The zero-order valence-corrected chi connectivity index (χ0v) is 10.3. The molecular weight excluding hydrogens is 212 g/mol. The molecule has 3 rings (SSSR count). The van der Waals surface area contributed by atoms with Gasteiger partial charge in [-0.1, -0.05) is 55.1 Å². The molecule has 0 unspecified atom stereocenters. The van der Waals surface area contributed by atoms with E-state index in [9.17, 15) is 0 Å². The van der Waals surface area contributed by atoms with Crippen molar-refractivity contribution in [3.63, 3.8) is 0 Å². The molecule has 0 heterocycles. The van der Waals surface area contributed by atoms with E-state index in [4.69, 9.17) is 0 Å². The fourth-order valence-electron chi connectivity index (χ4n) is 2.07. The van der Waals surface area contributed by atoms with Crippen molar-refractivity contribution in [1.82, 2.24) is 0 Å². The van der Waals surface area contributed by atoms with Gasteiger partial charge in [-0.2, -0.15) is 0 Å². The van der Waals surface area contributed by atoms with Crippen LogP contribution in [-0.2, 0) is 6.42 Å². The van der Waals surface area contributed by atoms with Gasteiger partial charge < -0.3 is 5.48 Å². The summed E-state index contributed by atoms with van der Waals surface area (Å²) in [4.78, 5) is 0. The summed E-state index contributed by atoms with van der Waals surface area (Å²) in [6.07, 6.45) is 5.53.